The topological polar surface area (TPSA) is 129 Å². The van der Waals surface area contributed by atoms with E-state index in [2.05, 4.69) is 4.72 Å². The molecule has 0 aromatic heterocycles. The number of anilines is 1. The number of benzene rings is 2. The fraction of sp³-hybridized carbons (Fsp3) is 0.588. The Balaban J connectivity index is 1.93. The highest BCUT2D eigenvalue weighted by Gasteiger charge is 2.31. The summed E-state index contributed by atoms with van der Waals surface area (Å²) in [7, 11) is 1.62. The number of ether oxygens (including phenoxy) is 2. The van der Waals surface area contributed by atoms with E-state index in [0.717, 1.165) is 50.1 Å². The lowest BCUT2D eigenvalue weighted by Gasteiger charge is -2.36. The summed E-state index contributed by atoms with van der Waals surface area (Å²) in [5, 5.41) is 10.2. The molecule has 0 aliphatic carbocycles. The van der Waals surface area contributed by atoms with E-state index in [-0.39, 0.29) is 53.3 Å². The second-order valence-corrected chi connectivity index (χ2v) is 14.4. The molecule has 1 aliphatic heterocycles. The molecule has 11 nitrogen and oxygen atoms in total. The molecule has 0 saturated heterocycles. The number of carbonyl (C=O) groups is 2. The molecule has 2 aromatic rings. The molecular formula is C34H51FN4O7S. The minimum atomic E-state index is -4.09. The van der Waals surface area contributed by atoms with Crippen molar-refractivity contribution >= 4 is 27.5 Å². The molecule has 3 rings (SSSR count). The number of amides is 2. The van der Waals surface area contributed by atoms with Gasteiger partial charge < -0.3 is 29.3 Å². The second-order valence-electron chi connectivity index (χ2n) is 12.8. The first-order chi connectivity index (χ1) is 22.2. The molecule has 2 aromatic carbocycles. The summed E-state index contributed by atoms with van der Waals surface area (Å²) >= 11 is 0. The number of carbonyl (C=O) groups excluding carboxylic acids is 2. The van der Waals surface area contributed by atoms with E-state index in [0.29, 0.717) is 31.7 Å². The van der Waals surface area contributed by atoms with Crippen molar-refractivity contribution in [2.75, 3.05) is 58.7 Å². The van der Waals surface area contributed by atoms with E-state index in [4.69, 9.17) is 9.47 Å². The highest BCUT2D eigenvalue weighted by molar-refractivity contribution is 7.92. The number of rotatable bonds is 11. The Kier molecular flexibility index (Phi) is 14.4. The molecule has 262 valence electrons. The lowest BCUT2D eigenvalue weighted by molar-refractivity contribution is -0.132. The molecule has 0 radical (unpaired) electrons. The third-order valence-corrected chi connectivity index (χ3v) is 9.70. The van der Waals surface area contributed by atoms with Gasteiger partial charge in [-0.25, -0.2) is 12.8 Å². The van der Waals surface area contributed by atoms with Gasteiger partial charge in [0.1, 0.15) is 11.6 Å². The van der Waals surface area contributed by atoms with Crippen molar-refractivity contribution in [2.45, 2.75) is 76.0 Å². The molecule has 0 bridgehead atoms. The van der Waals surface area contributed by atoms with Crippen LogP contribution in [0.3, 0.4) is 0 Å². The zero-order valence-corrected chi connectivity index (χ0v) is 29.3. The van der Waals surface area contributed by atoms with Crippen molar-refractivity contribution in [1.29, 1.82) is 0 Å². The van der Waals surface area contributed by atoms with Gasteiger partial charge in [-0.15, -0.1) is 0 Å². The first-order valence-corrected chi connectivity index (χ1v) is 17.7. The van der Waals surface area contributed by atoms with E-state index in [9.17, 15) is 27.5 Å². The number of fused-ring (bicyclic) bond motifs is 1. The second kappa shape index (κ2) is 17.8. The monoisotopic (exact) mass is 678 g/mol. The van der Waals surface area contributed by atoms with E-state index < -0.39 is 27.8 Å². The Morgan fingerprint density at radius 2 is 1.83 bits per heavy atom. The highest BCUT2D eigenvalue weighted by Crippen LogP contribution is 2.29. The van der Waals surface area contributed by atoms with Gasteiger partial charge >= 0.3 is 0 Å². The third-order valence-electron chi connectivity index (χ3n) is 8.30. The summed E-state index contributed by atoms with van der Waals surface area (Å²) in [6.45, 7) is 7.14. The molecule has 4 atom stereocenters. The lowest BCUT2D eigenvalue weighted by atomic mass is 10.0. The molecule has 0 saturated carbocycles. The first-order valence-electron chi connectivity index (χ1n) is 16.2. The van der Waals surface area contributed by atoms with Gasteiger partial charge in [-0.2, -0.15) is 0 Å². The van der Waals surface area contributed by atoms with Crippen LogP contribution in [-0.2, 0) is 19.6 Å². The molecule has 47 heavy (non-hydrogen) atoms. The summed E-state index contributed by atoms with van der Waals surface area (Å²) in [5.74, 6) is -0.925. The van der Waals surface area contributed by atoms with Gasteiger partial charge in [0.2, 0.25) is 5.91 Å². The minimum absolute atomic E-state index is 0.0224. The van der Waals surface area contributed by atoms with Gasteiger partial charge in [0.15, 0.2) is 0 Å². The summed E-state index contributed by atoms with van der Waals surface area (Å²) < 4.78 is 54.6. The molecular weight excluding hydrogens is 627 g/mol. The zero-order valence-electron chi connectivity index (χ0n) is 28.4. The Morgan fingerprint density at radius 1 is 1.13 bits per heavy atom. The van der Waals surface area contributed by atoms with Crippen LogP contribution in [0.15, 0.2) is 47.4 Å². The maximum atomic E-state index is 14.3. The first kappa shape index (κ1) is 38.2. The largest absolute Gasteiger partial charge is 0.490 e. The number of hydrogen-bond donors (Lipinski definition) is 2. The predicted octanol–water partition coefficient (Wildman–Crippen LogP) is 4.22. The number of nitrogens with zero attached hydrogens (tertiary/aromatic N) is 3. The summed E-state index contributed by atoms with van der Waals surface area (Å²) in [4.78, 5) is 32.4. The number of likely N-dealkylation sites (N-methyl/N-ethyl adjacent to an activating group) is 1. The van der Waals surface area contributed by atoms with Gasteiger partial charge in [-0.3, -0.25) is 14.3 Å². The molecule has 2 N–H and O–H groups in total. The molecule has 13 heteroatoms. The Labute approximate surface area is 279 Å². The standard InChI is InChI=1S/C34H51FN4O7S/c1-24-21-39(25(2)23-40)34(42)30-20-28(36-47(43,44)29-15-12-27(35)13-16-29)14-17-31(30)46-26(3)10-7-8-19-45-32(24)22-38(6)33(41)11-9-18-37(4)5/h12-17,20,24-26,32,36,40H,7-11,18-19,21-23H2,1-6H3/t24-,25+,26+,32+/m1/s1. The van der Waals surface area contributed by atoms with Crippen molar-refractivity contribution in [2.24, 2.45) is 5.92 Å². The average Bonchev–Trinajstić information content (AvgIpc) is 3.02. The van der Waals surface area contributed by atoms with E-state index >= 15 is 0 Å². The van der Waals surface area contributed by atoms with Crippen LogP contribution in [0.4, 0.5) is 10.1 Å². The van der Waals surface area contributed by atoms with Crippen molar-refractivity contribution in [3.63, 3.8) is 0 Å². The van der Waals surface area contributed by atoms with Crippen molar-refractivity contribution in [3.05, 3.63) is 53.8 Å². The van der Waals surface area contributed by atoms with Crippen LogP contribution in [0.2, 0.25) is 0 Å². The van der Waals surface area contributed by atoms with Crippen LogP contribution < -0.4 is 9.46 Å². The smallest absolute Gasteiger partial charge is 0.261 e. The predicted molar refractivity (Wildman–Crippen MR) is 180 cm³/mol. The number of nitrogens with one attached hydrogen (secondary N) is 1. The van der Waals surface area contributed by atoms with E-state index in [1.807, 2.05) is 32.8 Å². The molecule has 1 aliphatic rings. The lowest BCUT2D eigenvalue weighted by Crippen LogP contribution is -2.48. The zero-order chi connectivity index (χ0) is 34.7. The molecule has 1 heterocycles. The van der Waals surface area contributed by atoms with Crippen LogP contribution in [0.25, 0.3) is 0 Å². The van der Waals surface area contributed by atoms with Gasteiger partial charge in [0.05, 0.1) is 35.3 Å². The summed E-state index contributed by atoms with van der Waals surface area (Å²) in [6, 6.07) is 8.34. The number of sulfonamides is 1. The number of halogens is 1. The van der Waals surface area contributed by atoms with Gasteiger partial charge in [-0.1, -0.05) is 6.92 Å². The normalized spacial score (nSPS) is 20.6. The van der Waals surface area contributed by atoms with Crippen LogP contribution >= 0.6 is 0 Å². The highest BCUT2D eigenvalue weighted by atomic mass is 32.2. The number of aliphatic hydroxyl groups is 1. The Morgan fingerprint density at radius 3 is 2.49 bits per heavy atom. The minimum Gasteiger partial charge on any atom is -0.490 e. The van der Waals surface area contributed by atoms with Crippen molar-refractivity contribution in [1.82, 2.24) is 14.7 Å². The van der Waals surface area contributed by atoms with Gasteiger partial charge in [-0.05, 0) is 103 Å². The SMILES string of the molecule is C[C@@H]1CN([C@@H](C)CO)C(=O)c2cc(NS(=O)(=O)c3ccc(F)cc3)ccc2O[C@@H](C)CCCCO[C@H]1CN(C)C(=O)CCCN(C)C. The molecule has 0 spiro atoms. The van der Waals surface area contributed by atoms with E-state index in [1.54, 1.807) is 24.9 Å². The Hall–Kier alpha value is -3.26. The third kappa shape index (κ3) is 11.4. The van der Waals surface area contributed by atoms with E-state index in [1.165, 1.54) is 17.0 Å². The van der Waals surface area contributed by atoms with Crippen LogP contribution in [0, 0.1) is 11.7 Å². The average molecular weight is 679 g/mol. The van der Waals surface area contributed by atoms with Crippen molar-refractivity contribution in [3.8, 4) is 5.75 Å². The van der Waals surface area contributed by atoms with Gasteiger partial charge in [0.25, 0.3) is 15.9 Å². The van der Waals surface area contributed by atoms with Crippen LogP contribution in [-0.4, -0.2) is 112 Å². The number of aliphatic hydroxyl groups excluding tert-OH is 1. The summed E-state index contributed by atoms with van der Waals surface area (Å²) in [5.41, 5.74) is 0.255. The molecule has 0 unspecified atom stereocenters. The fourth-order valence-electron chi connectivity index (χ4n) is 5.39. The van der Waals surface area contributed by atoms with Crippen LogP contribution in [0.1, 0.15) is 63.2 Å². The summed E-state index contributed by atoms with van der Waals surface area (Å²) in [6.07, 6.45) is 2.83. The fourth-order valence-corrected chi connectivity index (χ4v) is 6.44. The molecule has 2 amide bonds. The maximum absolute atomic E-state index is 14.3. The Bertz CT molecular complexity index is 1420. The number of hydrogen-bond acceptors (Lipinski definition) is 8. The van der Waals surface area contributed by atoms with Gasteiger partial charge in [0, 0.05) is 44.8 Å². The quantitative estimate of drug-likeness (QED) is 0.362. The van der Waals surface area contributed by atoms with Crippen molar-refractivity contribution < 1.29 is 37.0 Å². The van der Waals surface area contributed by atoms with Crippen LogP contribution in [0.5, 0.6) is 5.75 Å². The molecule has 0 fully saturated rings. The maximum Gasteiger partial charge on any atom is 0.261 e.